The maximum Gasteiger partial charge on any atom is 0.0962 e. The molecule has 118 valence electrons. The zero-order valence-electron chi connectivity index (χ0n) is 13.5. The van der Waals surface area contributed by atoms with Crippen LogP contribution in [0, 0.1) is 10.8 Å². The molecule has 2 rings (SSSR count). The van der Waals surface area contributed by atoms with Crippen molar-refractivity contribution in [3.05, 3.63) is 34.3 Å². The molecule has 1 aliphatic carbocycles. The molecule has 1 fully saturated rings. The van der Waals surface area contributed by atoms with Gasteiger partial charge in [0.15, 0.2) is 0 Å². The molecule has 0 saturated heterocycles. The summed E-state index contributed by atoms with van der Waals surface area (Å²) in [6, 6.07) is 8.07. The van der Waals surface area contributed by atoms with Crippen LogP contribution in [0.3, 0.4) is 0 Å². The van der Waals surface area contributed by atoms with Gasteiger partial charge in [0, 0.05) is 16.4 Å². The van der Waals surface area contributed by atoms with Gasteiger partial charge in [0.1, 0.15) is 0 Å². The fourth-order valence-corrected chi connectivity index (χ4v) is 4.22. The van der Waals surface area contributed by atoms with Gasteiger partial charge in [0.25, 0.3) is 0 Å². The van der Waals surface area contributed by atoms with Gasteiger partial charge in [-0.25, -0.2) is 0 Å². The smallest absolute Gasteiger partial charge is 0.0962 e. The van der Waals surface area contributed by atoms with E-state index < -0.39 is 5.60 Å². The maximum atomic E-state index is 11.6. The van der Waals surface area contributed by atoms with Crippen molar-refractivity contribution in [1.29, 1.82) is 0 Å². The summed E-state index contributed by atoms with van der Waals surface area (Å²) in [5.74, 6) is 0. The van der Waals surface area contributed by atoms with Gasteiger partial charge >= 0.3 is 0 Å². The quantitative estimate of drug-likeness (QED) is 0.831. The Kier molecular flexibility index (Phi) is 4.87. The Morgan fingerprint density at radius 2 is 1.86 bits per heavy atom. The summed E-state index contributed by atoms with van der Waals surface area (Å²) in [6.07, 6.45) is 4.93. The van der Waals surface area contributed by atoms with Crippen molar-refractivity contribution in [2.45, 2.75) is 58.5 Å². The molecule has 0 radical (unpaired) electrons. The van der Waals surface area contributed by atoms with Crippen LogP contribution in [0.5, 0.6) is 0 Å². The summed E-state index contributed by atoms with van der Waals surface area (Å²) in [4.78, 5) is 0. The van der Waals surface area contributed by atoms with Gasteiger partial charge < -0.3 is 10.8 Å². The molecule has 1 aromatic carbocycles. The van der Waals surface area contributed by atoms with Crippen LogP contribution in [0.15, 0.2) is 28.7 Å². The fraction of sp³-hybridized carbons (Fsp3) is 0.667. The minimum absolute atomic E-state index is 0.210. The fourth-order valence-electron chi connectivity index (χ4n) is 3.82. The number of halogens is 1. The van der Waals surface area contributed by atoms with E-state index >= 15 is 0 Å². The summed E-state index contributed by atoms with van der Waals surface area (Å²) < 4.78 is 1.01. The molecule has 0 bridgehead atoms. The van der Waals surface area contributed by atoms with Gasteiger partial charge in [-0.05, 0) is 55.2 Å². The van der Waals surface area contributed by atoms with E-state index in [1.807, 2.05) is 24.3 Å². The first-order valence-electron chi connectivity index (χ1n) is 7.97. The SMILES string of the molecule is CCC(O)(c1cccc(Br)c1)C1(CN)CCC(C)(C)CC1. The molecule has 21 heavy (non-hydrogen) atoms. The van der Waals surface area contributed by atoms with Crippen LogP contribution in [0.25, 0.3) is 0 Å². The Hall–Kier alpha value is -0.380. The van der Waals surface area contributed by atoms with Gasteiger partial charge in [-0.3, -0.25) is 0 Å². The summed E-state index contributed by atoms with van der Waals surface area (Å²) in [6.45, 7) is 7.24. The van der Waals surface area contributed by atoms with Gasteiger partial charge in [0.2, 0.25) is 0 Å². The van der Waals surface area contributed by atoms with Crippen molar-refractivity contribution in [3.8, 4) is 0 Å². The van der Waals surface area contributed by atoms with Crippen LogP contribution in [0.4, 0.5) is 0 Å². The van der Waals surface area contributed by atoms with Gasteiger partial charge in [-0.15, -0.1) is 0 Å². The average molecular weight is 354 g/mol. The molecule has 0 aliphatic heterocycles. The summed E-state index contributed by atoms with van der Waals surface area (Å²) in [7, 11) is 0. The van der Waals surface area contributed by atoms with Gasteiger partial charge in [-0.2, -0.15) is 0 Å². The Balaban J connectivity index is 2.42. The average Bonchev–Trinajstić information content (AvgIpc) is 2.47. The second-order valence-electron chi connectivity index (χ2n) is 7.37. The number of nitrogens with two attached hydrogens (primary N) is 1. The highest BCUT2D eigenvalue weighted by Gasteiger charge is 2.51. The van der Waals surface area contributed by atoms with E-state index in [4.69, 9.17) is 5.73 Å². The molecular weight excluding hydrogens is 326 g/mol. The van der Waals surface area contributed by atoms with Crippen molar-refractivity contribution in [2.24, 2.45) is 16.6 Å². The number of benzene rings is 1. The predicted octanol–water partition coefficient (Wildman–Crippen LogP) is 4.59. The summed E-state index contributed by atoms with van der Waals surface area (Å²) >= 11 is 3.52. The molecule has 1 aromatic rings. The lowest BCUT2D eigenvalue weighted by atomic mass is 9.56. The molecule has 1 aliphatic rings. The molecular formula is C18H28BrNO. The molecule has 0 spiro atoms. The molecule has 1 unspecified atom stereocenters. The number of hydrogen-bond donors (Lipinski definition) is 2. The first kappa shape index (κ1) is 17.0. The second-order valence-corrected chi connectivity index (χ2v) is 8.29. The van der Waals surface area contributed by atoms with Crippen LogP contribution >= 0.6 is 15.9 Å². The van der Waals surface area contributed by atoms with E-state index in [0.717, 1.165) is 35.7 Å². The van der Waals surface area contributed by atoms with Gasteiger partial charge in [0.05, 0.1) is 5.60 Å². The van der Waals surface area contributed by atoms with Crippen molar-refractivity contribution < 1.29 is 5.11 Å². The predicted molar refractivity (Wildman–Crippen MR) is 92.1 cm³/mol. The normalized spacial score (nSPS) is 23.5. The topological polar surface area (TPSA) is 46.2 Å². The van der Waals surface area contributed by atoms with Crippen molar-refractivity contribution in [3.63, 3.8) is 0 Å². The van der Waals surface area contributed by atoms with Crippen molar-refractivity contribution in [2.75, 3.05) is 6.54 Å². The molecule has 2 nitrogen and oxygen atoms in total. The van der Waals surface area contributed by atoms with E-state index in [-0.39, 0.29) is 5.41 Å². The monoisotopic (exact) mass is 353 g/mol. The Labute approximate surface area is 137 Å². The third kappa shape index (κ3) is 3.06. The number of aliphatic hydroxyl groups is 1. The molecule has 0 heterocycles. The van der Waals surface area contributed by atoms with Crippen molar-refractivity contribution >= 4 is 15.9 Å². The molecule has 3 heteroatoms. The highest BCUT2D eigenvalue weighted by atomic mass is 79.9. The van der Waals surface area contributed by atoms with Crippen LogP contribution in [0.1, 0.15) is 58.4 Å². The molecule has 1 atom stereocenters. The third-order valence-electron chi connectivity index (χ3n) is 5.64. The van der Waals surface area contributed by atoms with Crippen molar-refractivity contribution in [1.82, 2.24) is 0 Å². The lowest BCUT2D eigenvalue weighted by molar-refractivity contribution is -0.121. The molecule has 3 N–H and O–H groups in total. The van der Waals surface area contributed by atoms with Crippen LogP contribution in [-0.2, 0) is 5.60 Å². The Bertz CT molecular complexity index is 490. The second kappa shape index (κ2) is 6.02. The van der Waals surface area contributed by atoms with Gasteiger partial charge in [-0.1, -0.05) is 48.8 Å². The molecule has 1 saturated carbocycles. The third-order valence-corrected chi connectivity index (χ3v) is 6.14. The Morgan fingerprint density at radius 1 is 1.24 bits per heavy atom. The van der Waals surface area contributed by atoms with Crippen LogP contribution in [0.2, 0.25) is 0 Å². The van der Waals surface area contributed by atoms with E-state index in [9.17, 15) is 5.11 Å². The minimum Gasteiger partial charge on any atom is -0.385 e. The molecule has 0 aromatic heterocycles. The lowest BCUT2D eigenvalue weighted by Gasteiger charge is -2.52. The lowest BCUT2D eigenvalue weighted by Crippen LogP contribution is -2.52. The van der Waals surface area contributed by atoms with E-state index in [0.29, 0.717) is 18.4 Å². The summed E-state index contributed by atoms with van der Waals surface area (Å²) in [5, 5.41) is 11.6. The van der Waals surface area contributed by atoms with Crippen LogP contribution in [-0.4, -0.2) is 11.7 Å². The number of hydrogen-bond acceptors (Lipinski definition) is 2. The highest BCUT2D eigenvalue weighted by molar-refractivity contribution is 9.10. The zero-order chi connectivity index (χ0) is 15.7. The maximum absolute atomic E-state index is 11.6. The Morgan fingerprint density at radius 3 is 2.33 bits per heavy atom. The van der Waals surface area contributed by atoms with E-state index in [1.165, 1.54) is 0 Å². The summed E-state index contributed by atoms with van der Waals surface area (Å²) in [5.41, 5.74) is 6.49. The van der Waals surface area contributed by atoms with Crippen LogP contribution < -0.4 is 5.73 Å². The largest absolute Gasteiger partial charge is 0.385 e. The first-order valence-corrected chi connectivity index (χ1v) is 8.76. The number of rotatable bonds is 4. The molecule has 0 amide bonds. The first-order chi connectivity index (χ1) is 9.78. The van der Waals surface area contributed by atoms with E-state index in [2.05, 4.69) is 36.7 Å². The standard InChI is InChI=1S/C18H28BrNO/c1-4-18(21,14-6-5-7-15(19)12-14)17(13-20)10-8-16(2,3)9-11-17/h5-7,12,21H,4,8-11,13,20H2,1-3H3. The minimum atomic E-state index is -0.845. The zero-order valence-corrected chi connectivity index (χ0v) is 15.0. The van der Waals surface area contributed by atoms with E-state index in [1.54, 1.807) is 0 Å². The highest BCUT2D eigenvalue weighted by Crippen LogP contribution is 2.54.